The fourth-order valence-electron chi connectivity index (χ4n) is 2.93. The van der Waals surface area contributed by atoms with Crippen LogP contribution in [0.25, 0.3) is 0 Å². The van der Waals surface area contributed by atoms with Gasteiger partial charge in [0.15, 0.2) is 0 Å². The Hall–Kier alpha value is -1.04. The lowest BCUT2D eigenvalue weighted by atomic mass is 10.1. The predicted octanol–water partition coefficient (Wildman–Crippen LogP) is 4.08. The summed E-state index contributed by atoms with van der Waals surface area (Å²) in [4.78, 5) is 14.7. The molecule has 0 saturated carbocycles. The number of nitrogens with zero attached hydrogens (tertiary/aromatic N) is 1. The van der Waals surface area contributed by atoms with Crippen molar-refractivity contribution in [3.63, 3.8) is 0 Å². The highest BCUT2D eigenvalue weighted by molar-refractivity contribution is 9.10. The van der Waals surface area contributed by atoms with E-state index >= 15 is 0 Å². The number of nitrogens with one attached hydrogen (secondary N) is 2. The molecule has 28 heavy (non-hydrogen) atoms. The Morgan fingerprint density at radius 2 is 2.18 bits per heavy atom. The first kappa shape index (κ1) is 21.7. The van der Waals surface area contributed by atoms with Gasteiger partial charge in [-0.3, -0.25) is 4.79 Å². The van der Waals surface area contributed by atoms with Crippen molar-refractivity contribution in [1.29, 1.82) is 0 Å². The van der Waals surface area contributed by atoms with Gasteiger partial charge in [-0.1, -0.05) is 18.5 Å². The maximum atomic E-state index is 13.3. The van der Waals surface area contributed by atoms with Crippen LogP contribution in [0.5, 0.6) is 0 Å². The quantitative estimate of drug-likeness (QED) is 0.650. The van der Waals surface area contributed by atoms with Gasteiger partial charge >= 0.3 is 0 Å². The van der Waals surface area contributed by atoms with Gasteiger partial charge in [0.25, 0.3) is 10.2 Å². The molecule has 11 heteroatoms. The Morgan fingerprint density at radius 1 is 1.46 bits per heavy atom. The number of carbonyl (C=O) groups excluding carboxylic acids is 1. The number of anilines is 1. The Bertz CT molecular complexity index is 1020. The molecule has 2 atom stereocenters. The van der Waals surface area contributed by atoms with E-state index in [9.17, 15) is 17.6 Å². The third-order valence-corrected chi connectivity index (χ3v) is 8.75. The molecule has 1 aromatic heterocycles. The SMILES string of the molecule is CCc1sc(C2CC(C(=O)Nc3ccc(F)c(Cl)c3)N(C)S(=O)(=O)N2)cc1Br. The number of aryl methyl sites for hydroxylation is 1. The summed E-state index contributed by atoms with van der Waals surface area (Å²) in [6.07, 6.45) is 1.08. The smallest absolute Gasteiger partial charge is 0.280 e. The van der Waals surface area contributed by atoms with E-state index in [1.54, 1.807) is 0 Å². The first-order valence-electron chi connectivity index (χ1n) is 8.41. The summed E-state index contributed by atoms with van der Waals surface area (Å²) in [5, 5.41) is 2.49. The summed E-state index contributed by atoms with van der Waals surface area (Å²) in [6, 6.07) is 4.24. The van der Waals surface area contributed by atoms with Crippen molar-refractivity contribution in [2.75, 3.05) is 12.4 Å². The predicted molar refractivity (Wildman–Crippen MR) is 112 cm³/mol. The van der Waals surface area contributed by atoms with Gasteiger partial charge in [0.1, 0.15) is 11.9 Å². The van der Waals surface area contributed by atoms with Crippen molar-refractivity contribution < 1.29 is 17.6 Å². The van der Waals surface area contributed by atoms with Gasteiger partial charge in [0, 0.05) is 27.0 Å². The van der Waals surface area contributed by atoms with Gasteiger partial charge in [0.05, 0.1) is 11.1 Å². The molecule has 1 aliphatic heterocycles. The zero-order valence-electron chi connectivity index (χ0n) is 15.0. The molecular weight excluding hydrogens is 493 g/mol. The highest BCUT2D eigenvalue weighted by Gasteiger charge is 2.41. The molecule has 0 aliphatic carbocycles. The van der Waals surface area contributed by atoms with Gasteiger partial charge in [0.2, 0.25) is 5.91 Å². The van der Waals surface area contributed by atoms with Gasteiger partial charge in [-0.05, 0) is 53.0 Å². The minimum absolute atomic E-state index is 0.127. The average molecular weight is 511 g/mol. The Kier molecular flexibility index (Phi) is 6.48. The van der Waals surface area contributed by atoms with Crippen molar-refractivity contribution >= 4 is 60.7 Å². The normalized spacial score (nSPS) is 22.2. The fourth-order valence-corrected chi connectivity index (χ4v) is 6.44. The van der Waals surface area contributed by atoms with Crippen LogP contribution in [0.2, 0.25) is 5.02 Å². The molecule has 0 spiro atoms. The van der Waals surface area contributed by atoms with E-state index < -0.39 is 34.0 Å². The molecule has 2 N–H and O–H groups in total. The lowest BCUT2D eigenvalue weighted by Gasteiger charge is -2.35. The zero-order valence-corrected chi connectivity index (χ0v) is 19.0. The Labute approximate surface area is 180 Å². The van der Waals surface area contributed by atoms with Gasteiger partial charge < -0.3 is 5.32 Å². The Morgan fingerprint density at radius 3 is 2.79 bits per heavy atom. The van der Waals surface area contributed by atoms with Gasteiger partial charge in [-0.15, -0.1) is 11.3 Å². The van der Waals surface area contributed by atoms with E-state index in [0.717, 1.165) is 31.0 Å². The number of likely N-dealkylation sites (N-methyl/N-ethyl adjacent to an activating group) is 1. The third-order valence-electron chi connectivity index (χ3n) is 4.50. The van der Waals surface area contributed by atoms with E-state index in [1.807, 2.05) is 13.0 Å². The number of benzene rings is 1. The highest BCUT2D eigenvalue weighted by atomic mass is 79.9. The summed E-state index contributed by atoms with van der Waals surface area (Å²) in [5.74, 6) is -1.11. The Balaban J connectivity index is 1.85. The van der Waals surface area contributed by atoms with Crippen LogP contribution in [0.4, 0.5) is 10.1 Å². The van der Waals surface area contributed by atoms with Crippen LogP contribution in [0.15, 0.2) is 28.7 Å². The van der Waals surface area contributed by atoms with E-state index in [1.165, 1.54) is 30.5 Å². The second kappa shape index (κ2) is 8.37. The molecule has 1 aromatic carbocycles. The minimum atomic E-state index is -3.84. The lowest BCUT2D eigenvalue weighted by Crippen LogP contribution is -2.55. The van der Waals surface area contributed by atoms with Gasteiger partial charge in [-0.2, -0.15) is 17.4 Å². The van der Waals surface area contributed by atoms with Crippen LogP contribution in [-0.2, 0) is 21.4 Å². The number of carbonyl (C=O) groups is 1. The van der Waals surface area contributed by atoms with Gasteiger partial charge in [-0.25, -0.2) is 4.39 Å². The average Bonchev–Trinajstić information content (AvgIpc) is 3.01. The van der Waals surface area contributed by atoms with Crippen molar-refractivity contribution in [2.45, 2.75) is 31.8 Å². The van der Waals surface area contributed by atoms with Crippen LogP contribution < -0.4 is 10.0 Å². The molecule has 6 nitrogen and oxygen atoms in total. The van der Waals surface area contributed by atoms with E-state index in [4.69, 9.17) is 11.6 Å². The number of rotatable bonds is 4. The molecule has 1 amide bonds. The summed E-state index contributed by atoms with van der Waals surface area (Å²) >= 11 is 10.7. The first-order chi connectivity index (χ1) is 13.1. The number of hydrogen-bond donors (Lipinski definition) is 2. The summed E-state index contributed by atoms with van der Waals surface area (Å²) in [5.41, 5.74) is 0.296. The fraction of sp³-hybridized carbons (Fsp3) is 0.353. The molecule has 1 saturated heterocycles. The summed E-state index contributed by atoms with van der Waals surface area (Å²) in [7, 11) is -2.49. The molecule has 2 aromatic rings. The molecule has 1 aliphatic rings. The maximum absolute atomic E-state index is 13.3. The topological polar surface area (TPSA) is 78.5 Å². The van der Waals surface area contributed by atoms with E-state index in [0.29, 0.717) is 5.69 Å². The molecule has 0 radical (unpaired) electrons. The second-order valence-corrected chi connectivity index (χ2v) is 10.5. The van der Waals surface area contributed by atoms with Crippen LogP contribution in [-0.4, -0.2) is 31.7 Å². The molecule has 152 valence electrons. The summed E-state index contributed by atoms with van der Waals surface area (Å²) < 4.78 is 43.0. The molecule has 3 rings (SSSR count). The monoisotopic (exact) mass is 509 g/mol. The lowest BCUT2D eigenvalue weighted by molar-refractivity contribution is -0.120. The van der Waals surface area contributed by atoms with Crippen molar-refractivity contribution in [3.8, 4) is 0 Å². The zero-order chi connectivity index (χ0) is 20.6. The number of hydrogen-bond acceptors (Lipinski definition) is 4. The van der Waals surface area contributed by atoms with Crippen LogP contribution in [0.3, 0.4) is 0 Å². The van der Waals surface area contributed by atoms with E-state index in [2.05, 4.69) is 26.0 Å². The molecule has 0 bridgehead atoms. The molecule has 1 fully saturated rings. The third kappa shape index (κ3) is 4.42. The van der Waals surface area contributed by atoms with Crippen molar-refractivity contribution in [2.24, 2.45) is 0 Å². The number of thiophene rings is 1. The second-order valence-electron chi connectivity index (χ2n) is 6.33. The van der Waals surface area contributed by atoms with Crippen molar-refractivity contribution in [1.82, 2.24) is 9.03 Å². The van der Waals surface area contributed by atoms with Crippen LogP contribution in [0.1, 0.15) is 29.1 Å². The highest BCUT2D eigenvalue weighted by Crippen LogP contribution is 2.36. The molecule has 2 heterocycles. The standard InChI is InChI=1S/C17H18BrClFN3O3S2/c1-3-15-10(18)7-16(27-15)13-8-14(23(2)28(25,26)22-13)17(24)21-9-4-5-12(20)11(19)6-9/h4-7,13-14,22H,3,8H2,1-2H3,(H,21,24). The van der Waals surface area contributed by atoms with Crippen LogP contribution >= 0.6 is 38.9 Å². The molecular formula is C17H18BrClFN3O3S2. The number of amides is 1. The number of halogens is 3. The van der Waals surface area contributed by atoms with Crippen LogP contribution in [0, 0.1) is 5.82 Å². The summed E-state index contributed by atoms with van der Waals surface area (Å²) in [6.45, 7) is 2.02. The minimum Gasteiger partial charge on any atom is -0.325 e. The first-order valence-corrected chi connectivity index (χ1v) is 11.8. The van der Waals surface area contributed by atoms with E-state index in [-0.39, 0.29) is 11.4 Å². The largest absolute Gasteiger partial charge is 0.325 e. The molecule has 2 unspecified atom stereocenters. The maximum Gasteiger partial charge on any atom is 0.280 e. The van der Waals surface area contributed by atoms with Crippen molar-refractivity contribution in [3.05, 3.63) is 49.3 Å².